The molecule has 0 radical (unpaired) electrons. The number of nitrogens with two attached hydrogens (primary N) is 1. The number of carbonyl (C=O) groups excluding carboxylic acids is 1. The van der Waals surface area contributed by atoms with Crippen LogP contribution in [-0.4, -0.2) is 62.8 Å². The van der Waals surface area contributed by atoms with Crippen molar-refractivity contribution >= 4 is 140 Å². The summed E-state index contributed by atoms with van der Waals surface area (Å²) in [5.74, 6) is -0.201. The third-order valence-corrected chi connectivity index (χ3v) is 12.2. The molecule has 62 heavy (non-hydrogen) atoms. The molecule has 10 aromatic rings. The van der Waals surface area contributed by atoms with E-state index in [0.29, 0.717) is 40.5 Å². The number of nitrogens with one attached hydrogen (secondary N) is 1. The molecule has 1 atom stereocenters. The van der Waals surface area contributed by atoms with Crippen LogP contribution in [0.3, 0.4) is 0 Å². The van der Waals surface area contributed by atoms with E-state index in [-0.39, 0.29) is 34.3 Å². The quantitative estimate of drug-likeness (QED) is 0.129. The minimum Gasteiger partial charge on any atom is -0.493 e. The molecule has 10 rings (SSSR count). The van der Waals surface area contributed by atoms with Gasteiger partial charge in [-0.05, 0) is 83.9 Å². The summed E-state index contributed by atoms with van der Waals surface area (Å²) < 4.78 is 30.9. The fraction of sp³-hybridized carbons (Fsp3) is 0.136. The van der Waals surface area contributed by atoms with Gasteiger partial charge in [0, 0.05) is 0 Å². The van der Waals surface area contributed by atoms with Gasteiger partial charge in [0.1, 0.15) is 28.1 Å². The number of fused-ring (bicyclic) bond motifs is 8. The highest BCUT2D eigenvalue weighted by Crippen LogP contribution is 2.35. The molecule has 322 valence electrons. The van der Waals surface area contributed by atoms with Crippen LogP contribution in [0.2, 0.25) is 0 Å². The maximum Gasteiger partial charge on any atom is 0.339 e. The molecule has 1 amide bonds. The average Bonchev–Trinajstić information content (AvgIpc) is 4.07. The first-order chi connectivity index (χ1) is 29.2. The van der Waals surface area contributed by atoms with Crippen molar-refractivity contribution in [1.82, 2.24) is 19.9 Å². The van der Waals surface area contributed by atoms with E-state index in [2.05, 4.69) is 25.3 Å². The Bertz CT molecular complexity index is 3130. The van der Waals surface area contributed by atoms with Crippen LogP contribution in [0, 0.1) is 0 Å². The van der Waals surface area contributed by atoms with Gasteiger partial charge in [0.2, 0.25) is 0 Å². The van der Waals surface area contributed by atoms with E-state index in [1.807, 2.05) is 110 Å². The first kappa shape index (κ1) is 47.1. The lowest BCUT2D eigenvalue weighted by molar-refractivity contribution is 0.0692. The van der Waals surface area contributed by atoms with Gasteiger partial charge >= 0.3 is 5.97 Å². The molecule has 0 spiro atoms. The molecule has 0 bridgehead atoms. The van der Waals surface area contributed by atoms with Crippen molar-refractivity contribution in [3.8, 4) is 11.5 Å². The number of ether oxygens (including phenoxy) is 2. The number of hydrogen-bond acceptors (Lipinski definition) is 13. The number of anilines is 2. The predicted octanol–water partition coefficient (Wildman–Crippen LogP) is 11.6. The number of aromatic carboxylic acids is 1. The summed E-state index contributed by atoms with van der Waals surface area (Å²) in [7, 11) is -1.00. The molecule has 4 heterocycles. The Labute approximate surface area is 376 Å². The Hall–Kier alpha value is -5.94. The predicted molar refractivity (Wildman–Crippen MR) is 264 cm³/mol. The molecule has 12 nitrogen and oxygen atoms in total. The maximum absolute atomic E-state index is 13.0. The number of amides is 1. The molecule has 1 unspecified atom stereocenters. The molecule has 0 fully saturated rings. The lowest BCUT2D eigenvalue weighted by atomic mass is 10.1. The van der Waals surface area contributed by atoms with Crippen LogP contribution in [-0.2, 0) is 0 Å². The molecule has 0 aliphatic rings. The van der Waals surface area contributed by atoms with Crippen molar-refractivity contribution in [2.75, 3.05) is 31.4 Å². The number of carboxylic acids is 1. The Morgan fingerprint density at radius 2 is 1.19 bits per heavy atom. The summed E-state index contributed by atoms with van der Waals surface area (Å²) in [4.78, 5) is 41.5. The molecular weight excluding hydrogens is 887 g/mol. The summed E-state index contributed by atoms with van der Waals surface area (Å²) in [5, 5.41) is 17.1. The van der Waals surface area contributed by atoms with Crippen molar-refractivity contribution in [3.63, 3.8) is 0 Å². The van der Waals surface area contributed by atoms with E-state index in [1.54, 1.807) is 34.8 Å². The fourth-order valence-corrected chi connectivity index (χ4v) is 9.48. The number of carboxylic acid groups (broad SMARTS) is 1. The van der Waals surface area contributed by atoms with E-state index >= 15 is 0 Å². The first-order valence-corrected chi connectivity index (χ1v) is 21.3. The normalized spacial score (nSPS) is 10.5. The van der Waals surface area contributed by atoms with Crippen molar-refractivity contribution in [3.05, 3.63) is 119 Å². The number of halogens is 1. The third-order valence-electron chi connectivity index (χ3n) is 8.72. The number of aromatic nitrogens is 4. The number of hydrogen-bond donors (Lipinski definition) is 3. The number of nitrogens with zero attached hydrogens (tertiary/aromatic N) is 4. The van der Waals surface area contributed by atoms with E-state index < -0.39 is 13.1 Å². The monoisotopic (exact) mass is 931 g/mol. The van der Waals surface area contributed by atoms with Crippen molar-refractivity contribution in [1.29, 1.82) is 0 Å². The first-order valence-electron chi connectivity index (χ1n) is 18.6. The van der Waals surface area contributed by atoms with Crippen molar-refractivity contribution in [2.24, 2.45) is 0 Å². The molecule has 0 saturated heterocycles. The number of alkyl halides is 1. The highest BCUT2D eigenvalue weighted by Gasteiger charge is 2.18. The second kappa shape index (κ2) is 22.2. The van der Waals surface area contributed by atoms with E-state index in [4.69, 9.17) is 21.7 Å². The van der Waals surface area contributed by atoms with Gasteiger partial charge in [0.15, 0.2) is 10.3 Å². The highest BCUT2D eigenvalue weighted by molar-refractivity contribution is 7.24. The summed E-state index contributed by atoms with van der Waals surface area (Å²) in [6, 6.07) is 30.7. The molecule has 6 aromatic carbocycles. The van der Waals surface area contributed by atoms with Gasteiger partial charge in [-0.1, -0.05) is 78.6 Å². The SMILES string of the molecule is C.CCOc1cc2ccccc2cc1C(=O)Nc1nc2ccc3scnc3c2s1.CCOc1cc2ccccc2cc1C(=O)O.Nc1nc2ccc3scnc3c2s1.O.P.[2H]CF. The largest absolute Gasteiger partial charge is 0.493 e. The molecule has 0 aliphatic carbocycles. The summed E-state index contributed by atoms with van der Waals surface area (Å²) in [6.07, 6.45) is 0. The second-order valence-electron chi connectivity index (χ2n) is 12.3. The average molecular weight is 932 g/mol. The zero-order valence-corrected chi connectivity index (χ0v) is 37.4. The number of carbonyl (C=O) groups is 2. The third kappa shape index (κ3) is 10.6. The highest BCUT2D eigenvalue weighted by atomic mass is 32.1. The summed E-state index contributed by atoms with van der Waals surface area (Å²) in [5.41, 5.74) is 13.8. The van der Waals surface area contributed by atoms with Crippen molar-refractivity contribution < 1.29 is 35.4 Å². The van der Waals surface area contributed by atoms with Gasteiger partial charge in [-0.2, -0.15) is 9.90 Å². The van der Waals surface area contributed by atoms with Crippen LogP contribution < -0.4 is 20.5 Å². The molecule has 4 aromatic heterocycles. The Balaban J connectivity index is 0.000000212. The van der Waals surface area contributed by atoms with Crippen LogP contribution in [0.5, 0.6) is 11.5 Å². The van der Waals surface area contributed by atoms with Gasteiger partial charge in [0.25, 0.3) is 5.91 Å². The maximum atomic E-state index is 13.0. The van der Waals surface area contributed by atoms with E-state index in [1.165, 1.54) is 27.4 Å². The van der Waals surface area contributed by atoms with Crippen LogP contribution in [0.25, 0.3) is 62.4 Å². The standard InChI is InChI=1S/C21H15N3O2S2.C13H12O3.C8H5N3S2.CH3F.CH4.H2O.H3P/c1-2-26-16-10-13-6-4-3-5-12(13)9-14(16)20(25)24-21-23-15-7-8-17-18(19(15)28-21)22-11-27-17;1-2-16-12-8-10-6-4-3-5-9(10)7-11(12)13(14)15;9-8-11-4-1-2-5-6(7(4)13-8)10-3-12-5;1-2;;;/h3-11H,2H2,1H3,(H,23,24,25);3-8H,2H2,1H3,(H,14,15);1-3H,(H2,9,11);1H3;1H4;1H2;1H3/i;;;1D;;;. The van der Waals surface area contributed by atoms with E-state index in [0.717, 1.165) is 57.7 Å². The minimum atomic E-state index is -1.00. The van der Waals surface area contributed by atoms with Gasteiger partial charge < -0.3 is 25.8 Å². The minimum absolute atomic E-state index is 0. The number of rotatable bonds is 7. The van der Waals surface area contributed by atoms with Gasteiger partial charge in [0.05, 0.1) is 68.2 Å². The lowest BCUT2D eigenvalue weighted by Crippen LogP contribution is -2.13. The zero-order chi connectivity index (χ0) is 42.2. The molecule has 0 aliphatic heterocycles. The van der Waals surface area contributed by atoms with Gasteiger partial charge in [-0.25, -0.2) is 24.7 Å². The smallest absolute Gasteiger partial charge is 0.339 e. The van der Waals surface area contributed by atoms with Gasteiger partial charge in [-0.3, -0.25) is 14.5 Å². The van der Waals surface area contributed by atoms with E-state index in [9.17, 15) is 14.0 Å². The Morgan fingerprint density at radius 3 is 1.69 bits per heavy atom. The number of thiazole rings is 4. The molecule has 18 heteroatoms. The number of benzene rings is 6. The molecular formula is C44H44FN6O6PS4. The van der Waals surface area contributed by atoms with Crippen LogP contribution in [0.1, 0.15) is 43.4 Å². The molecule has 0 saturated carbocycles. The van der Waals surface area contributed by atoms with Crippen LogP contribution >= 0.6 is 55.2 Å². The second-order valence-corrected chi connectivity index (χ2v) is 16.1. The zero-order valence-electron chi connectivity index (χ0n) is 33.7. The molecule has 6 N–H and O–H groups in total. The van der Waals surface area contributed by atoms with Crippen molar-refractivity contribution in [2.45, 2.75) is 21.3 Å². The fourth-order valence-electron chi connectivity index (χ4n) is 6.19. The number of nitrogen functional groups attached to an aromatic ring is 1. The van der Waals surface area contributed by atoms with Crippen LogP contribution in [0.4, 0.5) is 14.7 Å². The van der Waals surface area contributed by atoms with Gasteiger partial charge in [-0.15, -0.1) is 22.7 Å². The summed E-state index contributed by atoms with van der Waals surface area (Å²) in [6.45, 7) is 4.69. The summed E-state index contributed by atoms with van der Waals surface area (Å²) >= 11 is 6.17. The Morgan fingerprint density at radius 1 is 0.742 bits per heavy atom. The topological polar surface area (TPSA) is 194 Å². The lowest BCUT2D eigenvalue weighted by Gasteiger charge is -2.11. The Kier molecular flexibility index (Phi) is 16.9. The van der Waals surface area contributed by atoms with Crippen LogP contribution in [0.15, 0.2) is 108 Å².